The number of ether oxygens (including phenoxy) is 1. The smallest absolute Gasteiger partial charge is 0.252 e. The summed E-state index contributed by atoms with van der Waals surface area (Å²) >= 11 is 5.83. The van der Waals surface area contributed by atoms with Crippen LogP contribution in [0.4, 0.5) is 0 Å². The lowest BCUT2D eigenvalue weighted by Gasteiger charge is -2.09. The number of halogens is 1. The molecule has 5 heteroatoms. The quantitative estimate of drug-likeness (QED) is 0.887. The number of hydrogen-bond donors (Lipinski definition) is 1. The van der Waals surface area contributed by atoms with Crippen LogP contribution in [-0.4, -0.2) is 23.5 Å². The lowest BCUT2D eigenvalue weighted by atomic mass is 10.1. The Morgan fingerprint density at radius 3 is 2.55 bits per heavy atom. The predicted molar refractivity (Wildman–Crippen MR) is 87.5 cm³/mol. The fourth-order valence-corrected chi connectivity index (χ4v) is 2.03. The number of rotatable bonds is 6. The largest absolute Gasteiger partial charge is 0.475 e. The molecule has 0 aliphatic carbocycles. The third kappa shape index (κ3) is 5.04. The molecule has 4 nitrogen and oxygen atoms in total. The van der Waals surface area contributed by atoms with Gasteiger partial charge in [-0.25, -0.2) is 4.98 Å². The summed E-state index contributed by atoms with van der Waals surface area (Å²) in [6.45, 7) is 4.42. The van der Waals surface area contributed by atoms with Crippen molar-refractivity contribution in [1.29, 1.82) is 0 Å². The van der Waals surface area contributed by atoms with Crippen molar-refractivity contribution in [1.82, 2.24) is 10.3 Å². The van der Waals surface area contributed by atoms with Crippen molar-refractivity contribution < 1.29 is 9.53 Å². The summed E-state index contributed by atoms with van der Waals surface area (Å²) in [6.07, 6.45) is 2.34. The van der Waals surface area contributed by atoms with E-state index in [1.807, 2.05) is 38.1 Å². The zero-order chi connectivity index (χ0) is 15.9. The maximum absolute atomic E-state index is 12.0. The Morgan fingerprint density at radius 1 is 1.23 bits per heavy atom. The second-order valence-corrected chi connectivity index (χ2v) is 5.62. The van der Waals surface area contributed by atoms with E-state index in [2.05, 4.69) is 10.3 Å². The van der Waals surface area contributed by atoms with Gasteiger partial charge in [-0.3, -0.25) is 4.79 Å². The zero-order valence-electron chi connectivity index (χ0n) is 12.7. The fraction of sp³-hybridized carbons (Fsp3) is 0.294. The molecule has 0 spiro atoms. The van der Waals surface area contributed by atoms with Crippen molar-refractivity contribution in [2.45, 2.75) is 26.4 Å². The Morgan fingerprint density at radius 2 is 1.95 bits per heavy atom. The van der Waals surface area contributed by atoms with Crippen LogP contribution in [0.2, 0.25) is 5.02 Å². The Hall–Kier alpha value is -2.07. The molecule has 0 aliphatic rings. The van der Waals surface area contributed by atoms with Gasteiger partial charge in [-0.05, 0) is 44.0 Å². The first-order chi connectivity index (χ1) is 10.5. The highest BCUT2D eigenvalue weighted by atomic mass is 35.5. The van der Waals surface area contributed by atoms with Gasteiger partial charge in [0.2, 0.25) is 5.88 Å². The lowest BCUT2D eigenvalue weighted by Crippen LogP contribution is -2.25. The number of aromatic nitrogens is 1. The zero-order valence-corrected chi connectivity index (χ0v) is 13.4. The van der Waals surface area contributed by atoms with Crippen molar-refractivity contribution >= 4 is 17.5 Å². The van der Waals surface area contributed by atoms with E-state index in [-0.39, 0.29) is 12.0 Å². The maximum atomic E-state index is 12.0. The van der Waals surface area contributed by atoms with Gasteiger partial charge in [0.05, 0.1) is 11.7 Å². The van der Waals surface area contributed by atoms with Gasteiger partial charge < -0.3 is 10.1 Å². The van der Waals surface area contributed by atoms with Gasteiger partial charge in [-0.1, -0.05) is 23.7 Å². The molecule has 0 bridgehead atoms. The van der Waals surface area contributed by atoms with E-state index >= 15 is 0 Å². The van der Waals surface area contributed by atoms with Gasteiger partial charge in [-0.2, -0.15) is 0 Å². The summed E-state index contributed by atoms with van der Waals surface area (Å²) in [6, 6.07) is 11.0. The van der Waals surface area contributed by atoms with Crippen LogP contribution >= 0.6 is 11.6 Å². The number of nitrogens with one attached hydrogen (secondary N) is 1. The molecule has 0 aliphatic heterocycles. The lowest BCUT2D eigenvalue weighted by molar-refractivity contribution is 0.0953. The molecule has 2 aromatic rings. The van der Waals surface area contributed by atoms with Crippen molar-refractivity contribution in [2.75, 3.05) is 6.54 Å². The second-order valence-electron chi connectivity index (χ2n) is 5.18. The number of carbonyl (C=O) groups excluding carboxylic acids is 1. The first-order valence-electron chi connectivity index (χ1n) is 7.20. The van der Waals surface area contributed by atoms with Gasteiger partial charge in [0.25, 0.3) is 5.91 Å². The monoisotopic (exact) mass is 318 g/mol. The first kappa shape index (κ1) is 16.3. The maximum Gasteiger partial charge on any atom is 0.252 e. The van der Waals surface area contributed by atoms with Crippen LogP contribution in [-0.2, 0) is 6.42 Å². The van der Waals surface area contributed by atoms with E-state index in [4.69, 9.17) is 16.3 Å². The van der Waals surface area contributed by atoms with E-state index in [1.165, 1.54) is 6.20 Å². The Bertz CT molecular complexity index is 610. The second kappa shape index (κ2) is 7.80. The Balaban J connectivity index is 1.83. The number of carbonyl (C=O) groups is 1. The van der Waals surface area contributed by atoms with Gasteiger partial charge in [0.15, 0.2) is 0 Å². The molecule has 0 saturated heterocycles. The molecule has 0 atom stereocenters. The highest BCUT2D eigenvalue weighted by molar-refractivity contribution is 6.30. The van der Waals surface area contributed by atoms with Crippen LogP contribution in [0.15, 0.2) is 42.6 Å². The van der Waals surface area contributed by atoms with Crippen LogP contribution in [0.1, 0.15) is 29.8 Å². The summed E-state index contributed by atoms with van der Waals surface area (Å²) in [5.74, 6) is 0.380. The topological polar surface area (TPSA) is 51.2 Å². The summed E-state index contributed by atoms with van der Waals surface area (Å²) in [7, 11) is 0. The number of amides is 1. The minimum absolute atomic E-state index is 0.0616. The van der Waals surface area contributed by atoms with Gasteiger partial charge in [0, 0.05) is 23.8 Å². The summed E-state index contributed by atoms with van der Waals surface area (Å²) in [5, 5.41) is 3.58. The van der Waals surface area contributed by atoms with Crippen molar-refractivity contribution in [3.05, 3.63) is 58.7 Å². The van der Waals surface area contributed by atoms with Gasteiger partial charge in [0.1, 0.15) is 0 Å². The first-order valence-corrected chi connectivity index (χ1v) is 7.58. The van der Waals surface area contributed by atoms with Crippen LogP contribution in [0.5, 0.6) is 5.88 Å². The van der Waals surface area contributed by atoms with Crippen LogP contribution in [0.3, 0.4) is 0 Å². The van der Waals surface area contributed by atoms with Crippen LogP contribution < -0.4 is 10.1 Å². The highest BCUT2D eigenvalue weighted by Crippen LogP contribution is 2.11. The average molecular weight is 319 g/mol. The Kier molecular flexibility index (Phi) is 5.78. The van der Waals surface area contributed by atoms with E-state index in [0.29, 0.717) is 23.0 Å². The number of pyridine rings is 1. The molecule has 1 aromatic carbocycles. The molecular weight excluding hydrogens is 300 g/mol. The molecule has 116 valence electrons. The molecule has 0 saturated carbocycles. The number of benzene rings is 1. The molecule has 22 heavy (non-hydrogen) atoms. The van der Waals surface area contributed by atoms with Crippen molar-refractivity contribution in [3.63, 3.8) is 0 Å². The highest BCUT2D eigenvalue weighted by Gasteiger charge is 2.06. The molecule has 0 unspecified atom stereocenters. The molecule has 1 amide bonds. The van der Waals surface area contributed by atoms with Crippen molar-refractivity contribution in [3.8, 4) is 5.88 Å². The van der Waals surface area contributed by atoms with Crippen LogP contribution in [0, 0.1) is 0 Å². The molecule has 1 aromatic heterocycles. The van der Waals surface area contributed by atoms with Crippen LogP contribution in [0.25, 0.3) is 0 Å². The third-order valence-electron chi connectivity index (χ3n) is 2.97. The minimum Gasteiger partial charge on any atom is -0.475 e. The summed E-state index contributed by atoms with van der Waals surface area (Å²) in [4.78, 5) is 16.1. The average Bonchev–Trinajstić information content (AvgIpc) is 2.49. The standard InChI is InChI=1S/C17H19ClN2O2/c1-12(2)22-16-8-5-14(11-20-16)17(21)19-10-9-13-3-6-15(18)7-4-13/h3-8,11-12H,9-10H2,1-2H3,(H,19,21). The molecule has 0 fully saturated rings. The SMILES string of the molecule is CC(C)Oc1ccc(C(=O)NCCc2ccc(Cl)cc2)cn1. The molecule has 0 radical (unpaired) electrons. The number of hydrogen-bond acceptors (Lipinski definition) is 3. The summed E-state index contributed by atoms with van der Waals surface area (Å²) < 4.78 is 5.44. The molecule has 2 rings (SSSR count). The van der Waals surface area contributed by atoms with Crippen molar-refractivity contribution in [2.24, 2.45) is 0 Å². The normalized spacial score (nSPS) is 10.5. The van der Waals surface area contributed by atoms with Gasteiger partial charge in [-0.15, -0.1) is 0 Å². The summed E-state index contributed by atoms with van der Waals surface area (Å²) in [5.41, 5.74) is 1.65. The third-order valence-corrected chi connectivity index (χ3v) is 3.22. The van der Waals surface area contributed by atoms with E-state index in [1.54, 1.807) is 12.1 Å². The molecular formula is C17H19ClN2O2. The fourth-order valence-electron chi connectivity index (χ4n) is 1.90. The number of nitrogens with zero attached hydrogens (tertiary/aromatic N) is 1. The van der Waals surface area contributed by atoms with E-state index in [9.17, 15) is 4.79 Å². The predicted octanol–water partition coefficient (Wildman–Crippen LogP) is 3.49. The van der Waals surface area contributed by atoms with E-state index < -0.39 is 0 Å². The Labute approximate surface area is 135 Å². The van der Waals surface area contributed by atoms with Gasteiger partial charge >= 0.3 is 0 Å². The van der Waals surface area contributed by atoms with E-state index in [0.717, 1.165) is 12.0 Å². The minimum atomic E-state index is -0.141. The molecule has 1 heterocycles. The molecule has 1 N–H and O–H groups in total.